The molecule has 0 aromatic heterocycles. The van der Waals surface area contributed by atoms with Crippen LogP contribution in [0.15, 0.2) is 54.6 Å². The van der Waals surface area contributed by atoms with Gasteiger partial charge in [-0.2, -0.15) is 0 Å². The quantitative estimate of drug-likeness (QED) is 0.794. The molecule has 0 aliphatic carbocycles. The fourth-order valence-corrected chi connectivity index (χ4v) is 2.17. The average Bonchev–Trinajstić information content (AvgIpc) is 2.54. The van der Waals surface area contributed by atoms with Crippen LogP contribution in [0, 0.1) is 6.92 Å². The second kappa shape index (κ2) is 8.23. The Labute approximate surface area is 132 Å². The number of carbonyl (C=O) groups is 1. The zero-order chi connectivity index (χ0) is 15.8. The molecule has 1 N–H and O–H groups in total. The molecule has 1 unspecified atom stereocenters. The molecule has 0 saturated heterocycles. The predicted molar refractivity (Wildman–Crippen MR) is 89.0 cm³/mol. The van der Waals surface area contributed by atoms with Crippen molar-refractivity contribution in [2.75, 3.05) is 6.54 Å². The van der Waals surface area contributed by atoms with E-state index in [1.165, 1.54) is 11.1 Å². The van der Waals surface area contributed by atoms with Crippen LogP contribution in [0.25, 0.3) is 0 Å². The largest absolute Gasteiger partial charge is 0.481 e. The molecule has 0 heterocycles. The van der Waals surface area contributed by atoms with Gasteiger partial charge in [-0.05, 0) is 44.4 Å². The van der Waals surface area contributed by atoms with E-state index in [1.807, 2.05) is 49.4 Å². The fraction of sp³-hybridized carbons (Fsp3) is 0.316. The summed E-state index contributed by atoms with van der Waals surface area (Å²) in [6.45, 7) is 4.45. The first-order chi connectivity index (χ1) is 10.6. The van der Waals surface area contributed by atoms with Crippen LogP contribution in [0.2, 0.25) is 0 Å². The van der Waals surface area contributed by atoms with Gasteiger partial charge in [-0.25, -0.2) is 0 Å². The van der Waals surface area contributed by atoms with E-state index in [4.69, 9.17) is 4.74 Å². The Bertz CT molecular complexity index is 578. The van der Waals surface area contributed by atoms with Crippen LogP contribution in [-0.2, 0) is 11.2 Å². The van der Waals surface area contributed by atoms with E-state index < -0.39 is 6.10 Å². The number of aryl methyl sites for hydroxylation is 2. The first kappa shape index (κ1) is 16.1. The molecule has 1 amide bonds. The van der Waals surface area contributed by atoms with Crippen LogP contribution in [0.3, 0.4) is 0 Å². The van der Waals surface area contributed by atoms with Crippen molar-refractivity contribution in [3.63, 3.8) is 0 Å². The zero-order valence-electron chi connectivity index (χ0n) is 13.2. The maximum absolute atomic E-state index is 12.0. The molecule has 1 atom stereocenters. The van der Waals surface area contributed by atoms with Crippen molar-refractivity contribution in [1.82, 2.24) is 5.32 Å². The van der Waals surface area contributed by atoms with Gasteiger partial charge in [0, 0.05) is 6.54 Å². The molecule has 3 heteroatoms. The highest BCUT2D eigenvalue weighted by Crippen LogP contribution is 2.13. The Balaban J connectivity index is 1.69. The van der Waals surface area contributed by atoms with Crippen LogP contribution in [0.1, 0.15) is 24.5 Å². The lowest BCUT2D eigenvalue weighted by Gasteiger charge is -2.14. The second-order valence-corrected chi connectivity index (χ2v) is 5.45. The smallest absolute Gasteiger partial charge is 0.260 e. The van der Waals surface area contributed by atoms with E-state index in [9.17, 15) is 4.79 Å². The molecule has 2 aromatic rings. The maximum atomic E-state index is 12.0. The van der Waals surface area contributed by atoms with Gasteiger partial charge >= 0.3 is 0 Å². The molecule has 0 fully saturated rings. The lowest BCUT2D eigenvalue weighted by molar-refractivity contribution is -0.127. The van der Waals surface area contributed by atoms with E-state index in [-0.39, 0.29) is 5.91 Å². The standard InChI is InChI=1S/C19H23NO2/c1-15-10-12-18(13-11-15)22-16(2)19(21)20-14-6-9-17-7-4-3-5-8-17/h3-5,7-8,10-13,16H,6,9,14H2,1-2H3,(H,20,21). The monoisotopic (exact) mass is 297 g/mol. The molecular weight excluding hydrogens is 274 g/mol. The number of rotatable bonds is 7. The fourth-order valence-electron chi connectivity index (χ4n) is 2.17. The summed E-state index contributed by atoms with van der Waals surface area (Å²) in [6, 6.07) is 18.0. The van der Waals surface area contributed by atoms with Crippen molar-refractivity contribution in [3.05, 3.63) is 65.7 Å². The van der Waals surface area contributed by atoms with Crippen LogP contribution < -0.4 is 10.1 Å². The number of nitrogens with one attached hydrogen (secondary N) is 1. The molecule has 116 valence electrons. The Kier molecular flexibility index (Phi) is 6.01. The Hall–Kier alpha value is -2.29. The Morgan fingerprint density at radius 2 is 1.77 bits per heavy atom. The first-order valence-electron chi connectivity index (χ1n) is 7.70. The maximum Gasteiger partial charge on any atom is 0.260 e. The van der Waals surface area contributed by atoms with E-state index >= 15 is 0 Å². The van der Waals surface area contributed by atoms with Crippen molar-refractivity contribution in [3.8, 4) is 5.75 Å². The Morgan fingerprint density at radius 1 is 1.09 bits per heavy atom. The molecular formula is C19H23NO2. The van der Waals surface area contributed by atoms with Crippen LogP contribution in [0.4, 0.5) is 0 Å². The second-order valence-electron chi connectivity index (χ2n) is 5.45. The third kappa shape index (κ3) is 5.24. The molecule has 22 heavy (non-hydrogen) atoms. The lowest BCUT2D eigenvalue weighted by atomic mass is 10.1. The van der Waals surface area contributed by atoms with Gasteiger partial charge in [0.15, 0.2) is 6.10 Å². The van der Waals surface area contributed by atoms with Gasteiger partial charge in [-0.1, -0.05) is 48.0 Å². The summed E-state index contributed by atoms with van der Waals surface area (Å²) < 4.78 is 5.63. The average molecular weight is 297 g/mol. The highest BCUT2D eigenvalue weighted by molar-refractivity contribution is 5.80. The van der Waals surface area contributed by atoms with Crippen molar-refractivity contribution >= 4 is 5.91 Å². The highest BCUT2D eigenvalue weighted by Gasteiger charge is 2.13. The van der Waals surface area contributed by atoms with Gasteiger partial charge in [-0.3, -0.25) is 4.79 Å². The van der Waals surface area contributed by atoms with Crippen molar-refractivity contribution < 1.29 is 9.53 Å². The highest BCUT2D eigenvalue weighted by atomic mass is 16.5. The minimum Gasteiger partial charge on any atom is -0.481 e. The van der Waals surface area contributed by atoms with Gasteiger partial charge in [0.1, 0.15) is 5.75 Å². The molecule has 0 spiro atoms. The van der Waals surface area contributed by atoms with Gasteiger partial charge in [0.25, 0.3) is 5.91 Å². The third-order valence-electron chi connectivity index (χ3n) is 3.49. The molecule has 3 nitrogen and oxygen atoms in total. The molecule has 0 aliphatic rings. The van der Waals surface area contributed by atoms with Crippen LogP contribution in [-0.4, -0.2) is 18.6 Å². The number of amides is 1. The van der Waals surface area contributed by atoms with Gasteiger partial charge < -0.3 is 10.1 Å². The lowest BCUT2D eigenvalue weighted by Crippen LogP contribution is -2.36. The summed E-state index contributed by atoms with van der Waals surface area (Å²) in [5, 5.41) is 2.92. The SMILES string of the molecule is Cc1ccc(OC(C)C(=O)NCCCc2ccccc2)cc1. The number of hydrogen-bond acceptors (Lipinski definition) is 2. The first-order valence-corrected chi connectivity index (χ1v) is 7.70. The zero-order valence-corrected chi connectivity index (χ0v) is 13.2. The predicted octanol–water partition coefficient (Wildman–Crippen LogP) is 3.51. The van der Waals surface area contributed by atoms with Gasteiger partial charge in [0.2, 0.25) is 0 Å². The van der Waals surface area contributed by atoms with Gasteiger partial charge in [-0.15, -0.1) is 0 Å². The number of carbonyl (C=O) groups excluding carboxylic acids is 1. The van der Waals surface area contributed by atoms with Crippen molar-refractivity contribution in [2.45, 2.75) is 32.8 Å². The minimum absolute atomic E-state index is 0.0753. The number of benzene rings is 2. The topological polar surface area (TPSA) is 38.3 Å². The summed E-state index contributed by atoms with van der Waals surface area (Å²) in [7, 11) is 0. The molecule has 0 radical (unpaired) electrons. The van der Waals surface area contributed by atoms with E-state index in [2.05, 4.69) is 17.4 Å². The number of hydrogen-bond donors (Lipinski definition) is 1. The molecule has 0 aliphatic heterocycles. The molecule has 2 rings (SSSR count). The van der Waals surface area contributed by atoms with E-state index in [0.29, 0.717) is 6.54 Å². The van der Waals surface area contributed by atoms with E-state index in [1.54, 1.807) is 6.92 Å². The van der Waals surface area contributed by atoms with Crippen LogP contribution in [0.5, 0.6) is 5.75 Å². The minimum atomic E-state index is -0.487. The summed E-state index contributed by atoms with van der Waals surface area (Å²) >= 11 is 0. The van der Waals surface area contributed by atoms with Gasteiger partial charge in [0.05, 0.1) is 0 Å². The summed E-state index contributed by atoms with van der Waals surface area (Å²) in [5.74, 6) is 0.645. The molecule has 0 saturated carbocycles. The normalized spacial score (nSPS) is 11.7. The Morgan fingerprint density at radius 3 is 2.45 bits per heavy atom. The molecule has 2 aromatic carbocycles. The molecule has 0 bridgehead atoms. The van der Waals surface area contributed by atoms with Crippen molar-refractivity contribution in [1.29, 1.82) is 0 Å². The summed E-state index contributed by atoms with van der Waals surface area (Å²) in [5.41, 5.74) is 2.46. The van der Waals surface area contributed by atoms with Crippen molar-refractivity contribution in [2.24, 2.45) is 0 Å². The van der Waals surface area contributed by atoms with Crippen LogP contribution >= 0.6 is 0 Å². The van der Waals surface area contributed by atoms with E-state index in [0.717, 1.165) is 18.6 Å². The third-order valence-corrected chi connectivity index (χ3v) is 3.49. The number of ether oxygens (including phenoxy) is 1. The summed E-state index contributed by atoms with van der Waals surface area (Å²) in [6.07, 6.45) is 1.40. The summed E-state index contributed by atoms with van der Waals surface area (Å²) in [4.78, 5) is 12.0.